The normalized spacial score (nSPS) is 12.3. The van der Waals surface area contributed by atoms with E-state index in [0.717, 1.165) is 6.42 Å². The van der Waals surface area contributed by atoms with Gasteiger partial charge in [0.25, 0.3) is 15.9 Å². The van der Waals surface area contributed by atoms with Crippen molar-refractivity contribution in [2.24, 2.45) is 0 Å². The van der Waals surface area contributed by atoms with E-state index >= 15 is 0 Å². The Morgan fingerprint density at radius 3 is 2.68 bits per heavy atom. The minimum Gasteiger partial charge on any atom is -0.495 e. The fraction of sp³-hybridized carbons (Fsp3) is 0.294. The first-order chi connectivity index (χ1) is 11.9. The van der Waals surface area contributed by atoms with Gasteiger partial charge < -0.3 is 10.1 Å². The average Bonchev–Trinajstić information content (AvgIpc) is 2.61. The molecule has 2 N–H and O–H groups in total. The van der Waals surface area contributed by atoms with Crippen LogP contribution in [-0.2, 0) is 10.0 Å². The highest BCUT2D eigenvalue weighted by atomic mass is 32.2. The first-order valence-electron chi connectivity index (χ1n) is 7.79. The number of sulfonamides is 1. The summed E-state index contributed by atoms with van der Waals surface area (Å²) in [6.45, 7) is 3.79. The number of benzene rings is 1. The molecule has 1 atom stereocenters. The maximum Gasteiger partial charge on any atom is 0.262 e. The lowest BCUT2D eigenvalue weighted by atomic mass is 10.2. The van der Waals surface area contributed by atoms with Gasteiger partial charge in [0.1, 0.15) is 10.6 Å². The SMILES string of the molecule is CCC(C)NC(=O)c1ccccc1S(=O)(=O)Nc1cncc(OC)c1. The van der Waals surface area contributed by atoms with Gasteiger partial charge in [0, 0.05) is 12.1 Å². The molecule has 1 aromatic heterocycles. The summed E-state index contributed by atoms with van der Waals surface area (Å²) in [5.41, 5.74) is 0.336. The monoisotopic (exact) mass is 363 g/mol. The minimum atomic E-state index is -3.96. The van der Waals surface area contributed by atoms with Gasteiger partial charge in [0.05, 0.1) is 30.8 Å². The minimum absolute atomic E-state index is 0.0567. The molecule has 2 rings (SSSR count). The molecule has 1 aromatic carbocycles. The summed E-state index contributed by atoms with van der Waals surface area (Å²) < 4.78 is 32.9. The first kappa shape index (κ1) is 18.7. The highest BCUT2D eigenvalue weighted by Crippen LogP contribution is 2.21. The van der Waals surface area contributed by atoms with E-state index in [-0.39, 0.29) is 22.2 Å². The van der Waals surface area contributed by atoms with Crippen LogP contribution in [0.25, 0.3) is 0 Å². The molecule has 0 aliphatic heterocycles. The molecule has 25 heavy (non-hydrogen) atoms. The molecule has 134 valence electrons. The van der Waals surface area contributed by atoms with E-state index in [2.05, 4.69) is 15.0 Å². The number of aromatic nitrogens is 1. The zero-order valence-corrected chi connectivity index (χ0v) is 15.1. The smallest absolute Gasteiger partial charge is 0.262 e. The van der Waals surface area contributed by atoms with E-state index in [1.54, 1.807) is 12.1 Å². The van der Waals surface area contributed by atoms with Crippen LogP contribution in [0.3, 0.4) is 0 Å². The Kier molecular flexibility index (Phi) is 5.97. The Bertz CT molecular complexity index is 852. The van der Waals surface area contributed by atoms with Crippen LogP contribution in [0.4, 0.5) is 5.69 Å². The topological polar surface area (TPSA) is 97.4 Å². The van der Waals surface area contributed by atoms with Crippen LogP contribution in [0.15, 0.2) is 47.6 Å². The molecular weight excluding hydrogens is 342 g/mol. The van der Waals surface area contributed by atoms with Crippen LogP contribution < -0.4 is 14.8 Å². The molecule has 0 bridgehead atoms. The summed E-state index contributed by atoms with van der Waals surface area (Å²) in [4.78, 5) is 16.2. The number of methoxy groups -OCH3 is 1. The van der Waals surface area contributed by atoms with Crippen molar-refractivity contribution in [1.29, 1.82) is 0 Å². The molecule has 2 aromatic rings. The average molecular weight is 363 g/mol. The number of carbonyl (C=O) groups excluding carboxylic acids is 1. The van der Waals surface area contributed by atoms with E-state index in [0.29, 0.717) is 5.75 Å². The van der Waals surface area contributed by atoms with Gasteiger partial charge in [-0.3, -0.25) is 14.5 Å². The Morgan fingerprint density at radius 2 is 2.00 bits per heavy atom. The fourth-order valence-electron chi connectivity index (χ4n) is 2.09. The molecule has 0 saturated heterocycles. The molecule has 1 unspecified atom stereocenters. The number of amides is 1. The number of anilines is 1. The maximum atomic E-state index is 12.7. The van der Waals surface area contributed by atoms with Crippen molar-refractivity contribution in [3.05, 3.63) is 48.3 Å². The van der Waals surface area contributed by atoms with E-state index in [4.69, 9.17) is 4.74 Å². The van der Waals surface area contributed by atoms with Crippen molar-refractivity contribution in [3.8, 4) is 5.75 Å². The number of nitrogens with one attached hydrogen (secondary N) is 2. The van der Waals surface area contributed by atoms with Crippen LogP contribution in [-0.4, -0.2) is 32.5 Å². The van der Waals surface area contributed by atoms with Gasteiger partial charge in [0.2, 0.25) is 0 Å². The van der Waals surface area contributed by atoms with Crippen LogP contribution in [0, 0.1) is 0 Å². The predicted octanol–water partition coefficient (Wildman–Crippen LogP) is 2.42. The second-order valence-corrected chi connectivity index (χ2v) is 7.15. The molecule has 0 aliphatic rings. The summed E-state index contributed by atoms with van der Waals surface area (Å²) in [5, 5.41) is 2.78. The summed E-state index contributed by atoms with van der Waals surface area (Å²) in [6, 6.07) is 7.51. The molecule has 1 amide bonds. The zero-order chi connectivity index (χ0) is 18.4. The predicted molar refractivity (Wildman–Crippen MR) is 95.3 cm³/mol. The highest BCUT2D eigenvalue weighted by molar-refractivity contribution is 7.92. The summed E-state index contributed by atoms with van der Waals surface area (Å²) >= 11 is 0. The van der Waals surface area contributed by atoms with Crippen LogP contribution in [0.2, 0.25) is 0 Å². The van der Waals surface area contributed by atoms with Crippen LogP contribution in [0.1, 0.15) is 30.6 Å². The Balaban J connectivity index is 2.34. The van der Waals surface area contributed by atoms with Gasteiger partial charge in [-0.05, 0) is 25.5 Å². The lowest BCUT2D eigenvalue weighted by molar-refractivity contribution is 0.0936. The summed E-state index contributed by atoms with van der Waals surface area (Å²) in [5.74, 6) is -0.0120. The van der Waals surface area contributed by atoms with E-state index in [1.165, 1.54) is 37.7 Å². The van der Waals surface area contributed by atoms with Crippen molar-refractivity contribution in [2.75, 3.05) is 11.8 Å². The van der Waals surface area contributed by atoms with Crippen molar-refractivity contribution >= 4 is 21.6 Å². The molecule has 7 nitrogen and oxygen atoms in total. The fourth-order valence-corrected chi connectivity index (χ4v) is 3.33. The number of ether oxygens (including phenoxy) is 1. The Labute approximate surface area is 147 Å². The molecule has 0 radical (unpaired) electrons. The third kappa shape index (κ3) is 4.69. The number of rotatable bonds is 7. The van der Waals surface area contributed by atoms with Crippen LogP contribution in [0.5, 0.6) is 5.75 Å². The van der Waals surface area contributed by atoms with Gasteiger partial charge in [-0.1, -0.05) is 19.1 Å². The lowest BCUT2D eigenvalue weighted by Gasteiger charge is -2.15. The molecule has 0 aliphatic carbocycles. The Morgan fingerprint density at radius 1 is 1.28 bits per heavy atom. The van der Waals surface area contributed by atoms with Crippen molar-refractivity contribution in [3.63, 3.8) is 0 Å². The van der Waals surface area contributed by atoms with E-state index in [9.17, 15) is 13.2 Å². The second kappa shape index (κ2) is 7.98. The Hall–Kier alpha value is -2.61. The number of hydrogen-bond acceptors (Lipinski definition) is 5. The standard InChI is InChI=1S/C17H21N3O4S/c1-4-12(2)19-17(21)15-7-5-6-8-16(15)25(22,23)20-13-9-14(24-3)11-18-10-13/h5-12,20H,4H2,1-3H3,(H,19,21). The van der Waals surface area contributed by atoms with Crippen LogP contribution >= 0.6 is 0 Å². The zero-order valence-electron chi connectivity index (χ0n) is 14.3. The third-order valence-electron chi connectivity index (χ3n) is 3.61. The van der Waals surface area contributed by atoms with Gasteiger partial charge in [-0.2, -0.15) is 0 Å². The maximum absolute atomic E-state index is 12.7. The molecule has 0 fully saturated rings. The summed E-state index contributed by atoms with van der Waals surface area (Å²) in [6.07, 6.45) is 3.57. The van der Waals surface area contributed by atoms with Crippen molar-refractivity contribution in [2.45, 2.75) is 31.2 Å². The summed E-state index contributed by atoms with van der Waals surface area (Å²) in [7, 11) is -2.50. The number of pyridine rings is 1. The number of carbonyl (C=O) groups is 1. The number of hydrogen-bond donors (Lipinski definition) is 2. The van der Waals surface area contributed by atoms with E-state index in [1.807, 2.05) is 13.8 Å². The molecule has 1 heterocycles. The second-order valence-electron chi connectivity index (χ2n) is 5.50. The molecule has 0 saturated carbocycles. The largest absolute Gasteiger partial charge is 0.495 e. The van der Waals surface area contributed by atoms with Gasteiger partial charge in [0.15, 0.2) is 0 Å². The molecule has 0 spiro atoms. The van der Waals surface area contributed by atoms with Gasteiger partial charge >= 0.3 is 0 Å². The quantitative estimate of drug-likeness (QED) is 0.787. The number of nitrogens with zero attached hydrogens (tertiary/aromatic N) is 1. The van der Waals surface area contributed by atoms with Crippen molar-refractivity contribution in [1.82, 2.24) is 10.3 Å². The van der Waals surface area contributed by atoms with Gasteiger partial charge in [-0.15, -0.1) is 0 Å². The van der Waals surface area contributed by atoms with Gasteiger partial charge in [-0.25, -0.2) is 8.42 Å². The van der Waals surface area contributed by atoms with Crippen molar-refractivity contribution < 1.29 is 17.9 Å². The molecular formula is C17H21N3O4S. The lowest BCUT2D eigenvalue weighted by Crippen LogP contribution is -2.33. The highest BCUT2D eigenvalue weighted by Gasteiger charge is 2.23. The van der Waals surface area contributed by atoms with E-state index < -0.39 is 15.9 Å². The first-order valence-corrected chi connectivity index (χ1v) is 9.27. The molecule has 8 heteroatoms. The third-order valence-corrected chi connectivity index (χ3v) is 5.05.